The van der Waals surface area contributed by atoms with E-state index in [2.05, 4.69) is 20.1 Å². The summed E-state index contributed by atoms with van der Waals surface area (Å²) in [6, 6.07) is 0. The van der Waals surface area contributed by atoms with Crippen LogP contribution in [0.2, 0.25) is 0 Å². The van der Waals surface area contributed by atoms with Gasteiger partial charge < -0.3 is 0 Å². The van der Waals surface area contributed by atoms with Gasteiger partial charge in [0.05, 0.1) is 12.4 Å². The lowest BCUT2D eigenvalue weighted by atomic mass is 9.91. The molecule has 0 aromatic carbocycles. The van der Waals surface area contributed by atoms with Crippen LogP contribution in [0.4, 0.5) is 5.95 Å². The van der Waals surface area contributed by atoms with Crippen molar-refractivity contribution in [2.45, 2.75) is 50.5 Å². The molecule has 7 nitrogen and oxygen atoms in total. The quantitative estimate of drug-likeness (QED) is 0.510. The predicted molar refractivity (Wildman–Crippen MR) is 73.8 cm³/mol. The molecule has 8 heteroatoms. The largest absolute Gasteiger partial charge is 0.292 e. The molecule has 0 spiro atoms. The van der Waals surface area contributed by atoms with Crippen molar-refractivity contribution in [1.82, 2.24) is 14.7 Å². The molecular formula is C11H21N5O2S. The van der Waals surface area contributed by atoms with Gasteiger partial charge in [-0.3, -0.25) is 5.43 Å². The van der Waals surface area contributed by atoms with E-state index in [1.54, 1.807) is 0 Å². The molecular weight excluding hydrogens is 266 g/mol. The minimum absolute atomic E-state index is 0.0335. The van der Waals surface area contributed by atoms with Gasteiger partial charge in [0.1, 0.15) is 4.90 Å². The van der Waals surface area contributed by atoms with E-state index < -0.39 is 15.6 Å². The lowest BCUT2D eigenvalue weighted by molar-refractivity contribution is 0.341. The molecule has 0 amide bonds. The molecule has 1 aromatic heterocycles. The van der Waals surface area contributed by atoms with Gasteiger partial charge in [0.25, 0.3) is 0 Å². The molecule has 1 rings (SSSR count). The predicted octanol–water partition coefficient (Wildman–Crippen LogP) is 1.01. The zero-order valence-corrected chi connectivity index (χ0v) is 12.3. The van der Waals surface area contributed by atoms with Crippen molar-refractivity contribution in [3.63, 3.8) is 0 Å². The summed E-state index contributed by atoms with van der Waals surface area (Å²) in [5.74, 6) is 5.31. The van der Waals surface area contributed by atoms with Crippen molar-refractivity contribution >= 4 is 16.0 Å². The average molecular weight is 287 g/mol. The van der Waals surface area contributed by atoms with Crippen molar-refractivity contribution in [3.05, 3.63) is 12.4 Å². The molecule has 0 saturated heterocycles. The van der Waals surface area contributed by atoms with Gasteiger partial charge >= 0.3 is 0 Å². The lowest BCUT2D eigenvalue weighted by Gasteiger charge is -2.31. The number of hydrazine groups is 1. The molecule has 0 aliphatic heterocycles. The summed E-state index contributed by atoms with van der Waals surface area (Å²) in [4.78, 5) is 7.64. The minimum atomic E-state index is -3.62. The van der Waals surface area contributed by atoms with Crippen LogP contribution in [0, 0.1) is 0 Å². The van der Waals surface area contributed by atoms with Gasteiger partial charge in [-0.05, 0) is 19.3 Å². The van der Waals surface area contributed by atoms with Crippen LogP contribution < -0.4 is 16.0 Å². The first-order valence-corrected chi connectivity index (χ1v) is 7.74. The first-order valence-electron chi connectivity index (χ1n) is 6.25. The summed E-state index contributed by atoms with van der Waals surface area (Å²) in [5.41, 5.74) is 1.82. The van der Waals surface area contributed by atoms with E-state index in [-0.39, 0.29) is 10.8 Å². The molecule has 1 aromatic rings. The molecule has 19 heavy (non-hydrogen) atoms. The lowest BCUT2D eigenvalue weighted by Crippen LogP contribution is -2.47. The second-order valence-electron chi connectivity index (χ2n) is 4.33. The van der Waals surface area contributed by atoms with Gasteiger partial charge in [0.15, 0.2) is 0 Å². The fourth-order valence-corrected chi connectivity index (χ4v) is 3.34. The number of nitrogen functional groups attached to an aromatic ring is 1. The number of anilines is 1. The van der Waals surface area contributed by atoms with Gasteiger partial charge in [-0.15, -0.1) is 0 Å². The Morgan fingerprint density at radius 2 is 1.63 bits per heavy atom. The Bertz CT molecular complexity index is 488. The van der Waals surface area contributed by atoms with Crippen molar-refractivity contribution in [2.75, 3.05) is 5.43 Å². The third kappa shape index (κ3) is 3.62. The van der Waals surface area contributed by atoms with E-state index in [4.69, 9.17) is 5.84 Å². The van der Waals surface area contributed by atoms with Gasteiger partial charge in [-0.1, -0.05) is 20.8 Å². The number of hydrogen-bond acceptors (Lipinski definition) is 6. The van der Waals surface area contributed by atoms with Crippen molar-refractivity contribution < 1.29 is 8.42 Å². The smallest absolute Gasteiger partial charge is 0.244 e. The summed E-state index contributed by atoms with van der Waals surface area (Å²) in [6.07, 6.45) is 4.64. The van der Waals surface area contributed by atoms with Crippen LogP contribution in [0.3, 0.4) is 0 Å². The van der Waals surface area contributed by atoms with Crippen molar-refractivity contribution in [1.29, 1.82) is 0 Å². The molecule has 4 N–H and O–H groups in total. The maximum atomic E-state index is 12.3. The van der Waals surface area contributed by atoms with Crippen molar-refractivity contribution in [3.8, 4) is 0 Å². The van der Waals surface area contributed by atoms with E-state index in [1.807, 2.05) is 20.8 Å². The Morgan fingerprint density at radius 1 is 1.16 bits per heavy atom. The number of rotatable bonds is 7. The van der Waals surface area contributed by atoms with E-state index in [0.29, 0.717) is 0 Å². The van der Waals surface area contributed by atoms with Crippen molar-refractivity contribution in [2.24, 2.45) is 5.84 Å². The van der Waals surface area contributed by atoms with E-state index in [1.165, 1.54) is 12.4 Å². The second kappa shape index (κ2) is 6.27. The zero-order valence-electron chi connectivity index (χ0n) is 11.5. The second-order valence-corrected chi connectivity index (χ2v) is 6.02. The Kier molecular flexibility index (Phi) is 5.21. The Balaban J connectivity index is 3.03. The molecule has 0 fully saturated rings. The normalized spacial score (nSPS) is 12.4. The summed E-state index contributed by atoms with van der Waals surface area (Å²) in [6.45, 7) is 5.90. The van der Waals surface area contributed by atoms with Gasteiger partial charge in [-0.2, -0.15) is 0 Å². The number of nitrogens with one attached hydrogen (secondary N) is 2. The first kappa shape index (κ1) is 15.8. The molecule has 0 aliphatic rings. The highest BCUT2D eigenvalue weighted by Crippen LogP contribution is 2.22. The molecule has 0 aliphatic carbocycles. The van der Waals surface area contributed by atoms with Crippen LogP contribution in [0.5, 0.6) is 0 Å². The van der Waals surface area contributed by atoms with E-state index in [9.17, 15) is 8.42 Å². The first-order chi connectivity index (χ1) is 8.93. The van der Waals surface area contributed by atoms with Gasteiger partial charge in [0.2, 0.25) is 16.0 Å². The number of aromatic nitrogens is 2. The molecule has 0 bridgehead atoms. The highest BCUT2D eigenvalue weighted by molar-refractivity contribution is 7.89. The summed E-state index contributed by atoms with van der Waals surface area (Å²) >= 11 is 0. The fraction of sp³-hybridized carbons (Fsp3) is 0.636. The van der Waals surface area contributed by atoms with Crippen LogP contribution >= 0.6 is 0 Å². The molecule has 0 atom stereocenters. The topological polar surface area (TPSA) is 110 Å². The maximum absolute atomic E-state index is 12.3. The Labute approximate surface area is 114 Å². The third-order valence-electron chi connectivity index (χ3n) is 3.45. The summed E-state index contributed by atoms with van der Waals surface area (Å²) < 4.78 is 27.3. The highest BCUT2D eigenvalue weighted by atomic mass is 32.2. The van der Waals surface area contributed by atoms with Crippen LogP contribution in [0.25, 0.3) is 0 Å². The van der Waals surface area contributed by atoms with E-state index >= 15 is 0 Å². The highest BCUT2D eigenvalue weighted by Gasteiger charge is 2.30. The van der Waals surface area contributed by atoms with Gasteiger partial charge in [-0.25, -0.2) is 29.0 Å². The summed E-state index contributed by atoms with van der Waals surface area (Å²) in [7, 11) is -3.62. The number of sulfonamides is 1. The standard InChI is InChI=1S/C11H21N5O2S/c1-4-11(5-2,6-3)16-19(17,18)9-7-13-10(15-12)14-8-9/h7-8,16H,4-6,12H2,1-3H3,(H,13,14,15). The molecule has 108 valence electrons. The SMILES string of the molecule is CCC(CC)(CC)NS(=O)(=O)c1cnc(NN)nc1. The van der Waals surface area contributed by atoms with Crippen LogP contribution in [-0.4, -0.2) is 23.9 Å². The van der Waals surface area contributed by atoms with Gasteiger partial charge in [0, 0.05) is 5.54 Å². The third-order valence-corrected chi connectivity index (χ3v) is 4.98. The zero-order chi connectivity index (χ0) is 14.5. The molecule has 0 saturated carbocycles. The minimum Gasteiger partial charge on any atom is -0.292 e. The number of nitrogens with zero attached hydrogens (tertiary/aromatic N) is 2. The van der Waals surface area contributed by atoms with Crippen LogP contribution in [0.15, 0.2) is 17.3 Å². The monoisotopic (exact) mass is 287 g/mol. The maximum Gasteiger partial charge on any atom is 0.244 e. The van der Waals surface area contributed by atoms with Crippen LogP contribution in [-0.2, 0) is 10.0 Å². The Morgan fingerprint density at radius 3 is 2.00 bits per heavy atom. The Hall–Kier alpha value is -1.25. The summed E-state index contributed by atoms with van der Waals surface area (Å²) in [5, 5.41) is 0. The van der Waals surface area contributed by atoms with Crippen LogP contribution in [0.1, 0.15) is 40.0 Å². The average Bonchev–Trinajstić information content (AvgIpc) is 2.45. The number of nitrogens with two attached hydrogens (primary N) is 1. The molecule has 0 radical (unpaired) electrons. The molecule has 0 unspecified atom stereocenters. The van der Waals surface area contributed by atoms with E-state index in [0.717, 1.165) is 19.3 Å². The molecule has 1 heterocycles. The fourth-order valence-electron chi connectivity index (χ4n) is 1.84. The number of hydrogen-bond donors (Lipinski definition) is 3.